The van der Waals surface area contributed by atoms with Crippen molar-refractivity contribution in [3.8, 4) is 0 Å². The minimum Gasteiger partial charge on any atom is -0.395 e. The molecule has 2 rings (SSSR count). The Kier molecular flexibility index (Phi) is 3.30. The van der Waals surface area contributed by atoms with Crippen molar-refractivity contribution in [1.82, 2.24) is 5.32 Å². The monoisotopic (exact) mass is 239 g/mol. The summed E-state index contributed by atoms with van der Waals surface area (Å²) in [6, 6.07) is 2.05. The normalized spacial score (nSPS) is 17.9. The molecule has 1 saturated carbocycles. The summed E-state index contributed by atoms with van der Waals surface area (Å²) in [5.41, 5.74) is 0.738. The number of carbonyl (C=O) groups is 1. The maximum Gasteiger partial charge on any atom is 0.228 e. The number of carbonyl (C=O) groups excluding carboxylic acids is 1. The zero-order valence-corrected chi connectivity index (χ0v) is 10.3. The van der Waals surface area contributed by atoms with Crippen molar-refractivity contribution in [2.24, 2.45) is 5.41 Å². The van der Waals surface area contributed by atoms with Crippen LogP contribution < -0.4 is 5.32 Å². The maximum absolute atomic E-state index is 11.9. The fourth-order valence-electron chi connectivity index (χ4n) is 1.99. The van der Waals surface area contributed by atoms with Gasteiger partial charge < -0.3 is 10.4 Å². The van der Waals surface area contributed by atoms with Crippen molar-refractivity contribution in [1.29, 1.82) is 0 Å². The topological polar surface area (TPSA) is 49.3 Å². The summed E-state index contributed by atoms with van der Waals surface area (Å²) in [5.74, 6) is 0.00838. The SMILES string of the molecule is Cc1ccsc1CNC(=O)C1(CO)CCC1. The highest BCUT2D eigenvalue weighted by Crippen LogP contribution is 2.40. The van der Waals surface area contributed by atoms with Crippen LogP contribution in [0.1, 0.15) is 29.7 Å². The molecule has 0 spiro atoms. The summed E-state index contributed by atoms with van der Waals surface area (Å²) in [7, 11) is 0. The molecule has 0 radical (unpaired) electrons. The van der Waals surface area contributed by atoms with Crippen LogP contribution in [-0.2, 0) is 11.3 Å². The summed E-state index contributed by atoms with van der Waals surface area (Å²) in [6.45, 7) is 2.61. The fourth-order valence-corrected chi connectivity index (χ4v) is 2.84. The van der Waals surface area contributed by atoms with Gasteiger partial charge in [0.05, 0.1) is 18.6 Å². The van der Waals surface area contributed by atoms with Crippen LogP contribution in [-0.4, -0.2) is 17.6 Å². The van der Waals surface area contributed by atoms with E-state index < -0.39 is 5.41 Å². The van der Waals surface area contributed by atoms with Crippen LogP contribution in [0.15, 0.2) is 11.4 Å². The lowest BCUT2D eigenvalue weighted by Crippen LogP contribution is -2.47. The minimum atomic E-state index is -0.481. The second-order valence-electron chi connectivity index (χ2n) is 4.50. The van der Waals surface area contributed by atoms with E-state index in [0.29, 0.717) is 6.54 Å². The number of nitrogens with one attached hydrogen (secondary N) is 1. The molecule has 1 fully saturated rings. The van der Waals surface area contributed by atoms with E-state index in [0.717, 1.165) is 19.3 Å². The Labute approximate surface area is 99.5 Å². The summed E-state index contributed by atoms with van der Waals surface area (Å²) >= 11 is 1.66. The van der Waals surface area contributed by atoms with Crippen molar-refractivity contribution in [3.63, 3.8) is 0 Å². The lowest BCUT2D eigenvalue weighted by Gasteiger charge is -2.38. The van der Waals surface area contributed by atoms with Gasteiger partial charge in [-0.15, -0.1) is 11.3 Å². The van der Waals surface area contributed by atoms with Gasteiger partial charge in [0.2, 0.25) is 5.91 Å². The van der Waals surface area contributed by atoms with Gasteiger partial charge >= 0.3 is 0 Å². The van der Waals surface area contributed by atoms with Crippen LogP contribution in [0.25, 0.3) is 0 Å². The first kappa shape index (κ1) is 11.6. The van der Waals surface area contributed by atoms with Gasteiger partial charge in [-0.3, -0.25) is 4.79 Å². The Hall–Kier alpha value is -0.870. The van der Waals surface area contributed by atoms with Gasteiger partial charge in [-0.2, -0.15) is 0 Å². The molecule has 0 saturated heterocycles. The highest BCUT2D eigenvalue weighted by molar-refractivity contribution is 7.10. The molecule has 0 aliphatic heterocycles. The number of amides is 1. The Morgan fingerprint density at radius 3 is 2.81 bits per heavy atom. The largest absolute Gasteiger partial charge is 0.395 e. The smallest absolute Gasteiger partial charge is 0.228 e. The Morgan fingerprint density at radius 2 is 2.38 bits per heavy atom. The molecule has 0 bridgehead atoms. The van der Waals surface area contributed by atoms with Crippen molar-refractivity contribution < 1.29 is 9.90 Å². The third kappa shape index (κ3) is 1.99. The van der Waals surface area contributed by atoms with Gasteiger partial charge in [0.1, 0.15) is 0 Å². The molecule has 0 unspecified atom stereocenters. The molecule has 2 N–H and O–H groups in total. The van der Waals surface area contributed by atoms with Crippen LogP contribution >= 0.6 is 11.3 Å². The minimum absolute atomic E-state index is 0.00838. The number of thiophene rings is 1. The number of hydrogen-bond acceptors (Lipinski definition) is 3. The van der Waals surface area contributed by atoms with E-state index in [9.17, 15) is 9.90 Å². The lowest BCUT2D eigenvalue weighted by atomic mass is 9.68. The van der Waals surface area contributed by atoms with Crippen LogP contribution in [0, 0.1) is 12.3 Å². The Bertz CT molecular complexity index is 377. The van der Waals surface area contributed by atoms with E-state index in [-0.39, 0.29) is 12.5 Å². The Balaban J connectivity index is 1.91. The molecule has 1 aromatic rings. The first-order valence-corrected chi connectivity index (χ1v) is 6.48. The average molecular weight is 239 g/mol. The van der Waals surface area contributed by atoms with Gasteiger partial charge in [0, 0.05) is 4.88 Å². The molecule has 0 aromatic carbocycles. The number of aryl methyl sites for hydroxylation is 1. The summed E-state index contributed by atoms with van der Waals surface area (Å²) in [6.07, 6.45) is 2.68. The molecule has 1 heterocycles. The van der Waals surface area contributed by atoms with Crippen LogP contribution in [0.5, 0.6) is 0 Å². The Morgan fingerprint density at radius 1 is 1.62 bits per heavy atom. The van der Waals surface area contributed by atoms with Gasteiger partial charge in [0.15, 0.2) is 0 Å². The third-order valence-electron chi connectivity index (χ3n) is 3.47. The van der Waals surface area contributed by atoms with E-state index in [4.69, 9.17) is 0 Å². The van der Waals surface area contributed by atoms with Crippen LogP contribution in [0.2, 0.25) is 0 Å². The van der Waals surface area contributed by atoms with Gasteiger partial charge in [0.25, 0.3) is 0 Å². The molecule has 1 aromatic heterocycles. The second kappa shape index (κ2) is 4.55. The quantitative estimate of drug-likeness (QED) is 0.842. The molecule has 16 heavy (non-hydrogen) atoms. The van der Waals surface area contributed by atoms with E-state index in [1.165, 1.54) is 10.4 Å². The first-order chi connectivity index (χ1) is 7.68. The number of rotatable bonds is 4. The predicted octanol–water partition coefficient (Wildman–Crippen LogP) is 1.84. The molecule has 88 valence electrons. The second-order valence-corrected chi connectivity index (χ2v) is 5.50. The van der Waals surface area contributed by atoms with E-state index in [2.05, 4.69) is 11.4 Å². The molecule has 4 heteroatoms. The predicted molar refractivity (Wildman–Crippen MR) is 64.3 cm³/mol. The van der Waals surface area contributed by atoms with Crippen molar-refractivity contribution >= 4 is 17.2 Å². The van der Waals surface area contributed by atoms with Crippen molar-refractivity contribution in [2.75, 3.05) is 6.61 Å². The molecule has 1 aliphatic rings. The molecule has 3 nitrogen and oxygen atoms in total. The van der Waals surface area contributed by atoms with Gasteiger partial charge in [-0.05, 0) is 36.8 Å². The molecule has 1 amide bonds. The fraction of sp³-hybridized carbons (Fsp3) is 0.583. The lowest BCUT2D eigenvalue weighted by molar-refractivity contribution is -0.139. The van der Waals surface area contributed by atoms with E-state index in [1.54, 1.807) is 11.3 Å². The van der Waals surface area contributed by atoms with Gasteiger partial charge in [-0.1, -0.05) is 6.42 Å². The van der Waals surface area contributed by atoms with E-state index >= 15 is 0 Å². The van der Waals surface area contributed by atoms with Crippen molar-refractivity contribution in [3.05, 3.63) is 21.9 Å². The third-order valence-corrected chi connectivity index (χ3v) is 4.50. The average Bonchev–Trinajstić information content (AvgIpc) is 2.60. The maximum atomic E-state index is 11.9. The molecule has 0 atom stereocenters. The zero-order chi connectivity index (χ0) is 11.6. The summed E-state index contributed by atoms with van der Waals surface area (Å²) < 4.78 is 0. The highest BCUT2D eigenvalue weighted by Gasteiger charge is 2.43. The number of aliphatic hydroxyl groups excluding tert-OH is 1. The summed E-state index contributed by atoms with van der Waals surface area (Å²) in [5, 5.41) is 14.2. The molecule has 1 aliphatic carbocycles. The summed E-state index contributed by atoms with van der Waals surface area (Å²) in [4.78, 5) is 13.1. The van der Waals surface area contributed by atoms with Crippen LogP contribution in [0.4, 0.5) is 0 Å². The van der Waals surface area contributed by atoms with Gasteiger partial charge in [-0.25, -0.2) is 0 Å². The van der Waals surface area contributed by atoms with Crippen molar-refractivity contribution in [2.45, 2.75) is 32.7 Å². The number of aliphatic hydroxyl groups is 1. The zero-order valence-electron chi connectivity index (χ0n) is 9.45. The molecular formula is C12H17NO2S. The first-order valence-electron chi connectivity index (χ1n) is 5.60. The number of hydrogen-bond donors (Lipinski definition) is 2. The molecular weight excluding hydrogens is 222 g/mol. The standard InChI is InChI=1S/C12H17NO2S/c1-9-3-6-16-10(9)7-13-11(15)12(8-14)4-2-5-12/h3,6,14H,2,4-5,7-8H2,1H3,(H,13,15). The van der Waals surface area contributed by atoms with Crippen LogP contribution in [0.3, 0.4) is 0 Å². The van der Waals surface area contributed by atoms with E-state index in [1.807, 2.05) is 12.3 Å². The highest BCUT2D eigenvalue weighted by atomic mass is 32.1.